The van der Waals surface area contributed by atoms with E-state index in [1.165, 1.54) is 0 Å². The second-order valence-electron chi connectivity index (χ2n) is 6.46. The fraction of sp³-hybridized carbons (Fsp3) is 0.125. The highest BCUT2D eigenvalue weighted by Gasteiger charge is 2.13. The molecule has 5 heteroatoms. The molecule has 3 rings (SSSR count). The summed E-state index contributed by atoms with van der Waals surface area (Å²) in [5.74, 6) is 0.955. The molecule has 0 spiro atoms. The molecule has 0 radical (unpaired) electrons. The predicted octanol–water partition coefficient (Wildman–Crippen LogP) is 6.95. The highest BCUT2D eigenvalue weighted by molar-refractivity contribution is 6.33. The molecular weight excluding hydrogens is 405 g/mol. The molecule has 0 saturated heterocycles. The first kappa shape index (κ1) is 20.8. The first-order valence-corrected chi connectivity index (χ1v) is 9.70. The molecule has 0 fully saturated rings. The summed E-state index contributed by atoms with van der Waals surface area (Å²) in [6.45, 7) is 2.40. The number of benzene rings is 3. The third-order valence-corrected chi connectivity index (χ3v) is 4.92. The van der Waals surface area contributed by atoms with Gasteiger partial charge >= 0.3 is 0 Å². The standard InChI is InChI=1S/C24H19Cl2NO2/c1-16-6-5-7-17(10-16)15-29-24-22(26)12-18(13-23(24)28-2)11-19(14-27)20-8-3-4-9-21(20)25/h3-13H,15H2,1-2H3. The monoisotopic (exact) mass is 423 g/mol. The van der Waals surface area contributed by atoms with Crippen molar-refractivity contribution in [2.75, 3.05) is 7.11 Å². The summed E-state index contributed by atoms with van der Waals surface area (Å²) in [6.07, 6.45) is 1.72. The van der Waals surface area contributed by atoms with Crippen LogP contribution in [0.3, 0.4) is 0 Å². The van der Waals surface area contributed by atoms with Gasteiger partial charge in [0.1, 0.15) is 6.61 Å². The van der Waals surface area contributed by atoms with E-state index in [0.29, 0.717) is 44.9 Å². The third kappa shape index (κ3) is 5.12. The van der Waals surface area contributed by atoms with Crippen LogP contribution in [0, 0.1) is 18.3 Å². The van der Waals surface area contributed by atoms with Crippen molar-refractivity contribution in [1.29, 1.82) is 5.26 Å². The molecule has 3 aromatic carbocycles. The lowest BCUT2D eigenvalue weighted by Gasteiger charge is -2.14. The van der Waals surface area contributed by atoms with Crippen molar-refractivity contribution in [3.8, 4) is 17.6 Å². The normalized spacial score (nSPS) is 11.1. The molecule has 0 N–H and O–H groups in total. The minimum Gasteiger partial charge on any atom is -0.493 e. The third-order valence-electron chi connectivity index (χ3n) is 4.31. The molecule has 0 aliphatic carbocycles. The van der Waals surface area contributed by atoms with E-state index in [2.05, 4.69) is 12.1 Å². The highest BCUT2D eigenvalue weighted by Crippen LogP contribution is 2.38. The number of aryl methyl sites for hydroxylation is 1. The van der Waals surface area contributed by atoms with Gasteiger partial charge in [-0.3, -0.25) is 0 Å². The van der Waals surface area contributed by atoms with Crippen LogP contribution in [0.5, 0.6) is 11.5 Å². The maximum Gasteiger partial charge on any atom is 0.180 e. The largest absolute Gasteiger partial charge is 0.493 e. The second-order valence-corrected chi connectivity index (χ2v) is 7.28. The summed E-state index contributed by atoms with van der Waals surface area (Å²) in [7, 11) is 1.55. The zero-order valence-electron chi connectivity index (χ0n) is 16.1. The molecule has 0 aromatic heterocycles. The molecule has 0 aliphatic rings. The Bertz CT molecular complexity index is 1100. The quantitative estimate of drug-likeness (QED) is 0.318. The summed E-state index contributed by atoms with van der Waals surface area (Å²) in [6, 6.07) is 21.0. The van der Waals surface area contributed by atoms with E-state index in [4.69, 9.17) is 32.7 Å². The summed E-state index contributed by atoms with van der Waals surface area (Å²) >= 11 is 12.7. The van der Waals surface area contributed by atoms with Gasteiger partial charge < -0.3 is 9.47 Å². The number of rotatable bonds is 6. The lowest BCUT2D eigenvalue weighted by atomic mass is 10.0. The van der Waals surface area contributed by atoms with Gasteiger partial charge in [-0.05, 0) is 42.3 Å². The fourth-order valence-corrected chi connectivity index (χ4v) is 3.45. The topological polar surface area (TPSA) is 42.2 Å². The van der Waals surface area contributed by atoms with Crippen LogP contribution in [0.2, 0.25) is 10.0 Å². The Morgan fingerprint density at radius 3 is 2.52 bits per heavy atom. The number of hydrogen-bond donors (Lipinski definition) is 0. The molecule has 0 heterocycles. The highest BCUT2D eigenvalue weighted by atomic mass is 35.5. The summed E-state index contributed by atoms with van der Waals surface area (Å²) in [5, 5.41) is 10.5. The fourth-order valence-electron chi connectivity index (χ4n) is 2.94. The summed E-state index contributed by atoms with van der Waals surface area (Å²) in [4.78, 5) is 0. The number of methoxy groups -OCH3 is 1. The van der Waals surface area contributed by atoms with E-state index in [0.717, 1.165) is 11.1 Å². The van der Waals surface area contributed by atoms with Gasteiger partial charge in [-0.15, -0.1) is 0 Å². The zero-order valence-corrected chi connectivity index (χ0v) is 17.6. The van der Waals surface area contributed by atoms with Crippen LogP contribution in [-0.4, -0.2) is 7.11 Å². The Balaban J connectivity index is 1.92. The maximum atomic E-state index is 9.58. The molecular formula is C24H19Cl2NO2. The van der Waals surface area contributed by atoms with Crippen molar-refractivity contribution in [2.24, 2.45) is 0 Å². The SMILES string of the molecule is COc1cc(C=C(C#N)c2ccccc2Cl)cc(Cl)c1OCc1cccc(C)c1. The van der Waals surface area contributed by atoms with E-state index >= 15 is 0 Å². The lowest BCUT2D eigenvalue weighted by Crippen LogP contribution is -1.99. The van der Waals surface area contributed by atoms with E-state index < -0.39 is 0 Å². The first-order chi connectivity index (χ1) is 14.0. The summed E-state index contributed by atoms with van der Waals surface area (Å²) in [5.41, 5.74) is 4.01. The molecule has 3 aromatic rings. The number of ether oxygens (including phenoxy) is 2. The molecule has 0 aliphatic heterocycles. The first-order valence-electron chi connectivity index (χ1n) is 8.94. The Labute approximate surface area is 180 Å². The van der Waals surface area contributed by atoms with Crippen LogP contribution in [0.15, 0.2) is 60.7 Å². The number of nitriles is 1. The minimum atomic E-state index is 0.371. The molecule has 0 amide bonds. The molecule has 3 nitrogen and oxygen atoms in total. The Hall–Kier alpha value is -2.93. The molecule has 29 heavy (non-hydrogen) atoms. The van der Waals surface area contributed by atoms with Crippen LogP contribution in [0.1, 0.15) is 22.3 Å². The van der Waals surface area contributed by atoms with Crippen LogP contribution in [0.4, 0.5) is 0 Å². The van der Waals surface area contributed by atoms with Gasteiger partial charge in [0.05, 0.1) is 23.8 Å². The van der Waals surface area contributed by atoms with E-state index in [1.807, 2.05) is 37.3 Å². The zero-order chi connectivity index (χ0) is 20.8. The van der Waals surface area contributed by atoms with Gasteiger partial charge in [0.2, 0.25) is 0 Å². The molecule has 0 atom stereocenters. The van der Waals surface area contributed by atoms with Crippen molar-refractivity contribution < 1.29 is 9.47 Å². The summed E-state index contributed by atoms with van der Waals surface area (Å²) < 4.78 is 11.4. The van der Waals surface area contributed by atoms with E-state index in [9.17, 15) is 5.26 Å². The van der Waals surface area contributed by atoms with Crippen molar-refractivity contribution >= 4 is 34.9 Å². The Morgan fingerprint density at radius 1 is 1.03 bits per heavy atom. The molecule has 0 saturated carbocycles. The van der Waals surface area contributed by atoms with Gasteiger partial charge in [0.15, 0.2) is 11.5 Å². The van der Waals surface area contributed by atoms with Crippen molar-refractivity contribution in [3.05, 3.63) is 93.0 Å². The van der Waals surface area contributed by atoms with Gasteiger partial charge in [-0.2, -0.15) is 5.26 Å². The van der Waals surface area contributed by atoms with Gasteiger partial charge in [-0.25, -0.2) is 0 Å². The average molecular weight is 424 g/mol. The van der Waals surface area contributed by atoms with Crippen molar-refractivity contribution in [3.63, 3.8) is 0 Å². The molecule has 146 valence electrons. The van der Waals surface area contributed by atoms with Crippen molar-refractivity contribution in [1.82, 2.24) is 0 Å². The maximum absolute atomic E-state index is 9.58. The predicted molar refractivity (Wildman–Crippen MR) is 118 cm³/mol. The molecule has 0 bridgehead atoms. The van der Waals surface area contributed by atoms with Crippen LogP contribution < -0.4 is 9.47 Å². The van der Waals surface area contributed by atoms with Gasteiger partial charge in [0.25, 0.3) is 0 Å². The number of hydrogen-bond acceptors (Lipinski definition) is 3. The van der Waals surface area contributed by atoms with Crippen LogP contribution in [-0.2, 0) is 6.61 Å². The van der Waals surface area contributed by atoms with Gasteiger partial charge in [0, 0.05) is 10.6 Å². The van der Waals surface area contributed by atoms with Crippen LogP contribution in [0.25, 0.3) is 11.6 Å². The second kappa shape index (κ2) is 9.52. The van der Waals surface area contributed by atoms with Crippen molar-refractivity contribution in [2.45, 2.75) is 13.5 Å². The number of halogens is 2. The smallest absolute Gasteiger partial charge is 0.180 e. The average Bonchev–Trinajstić information content (AvgIpc) is 2.71. The van der Waals surface area contributed by atoms with E-state index in [1.54, 1.807) is 37.5 Å². The Morgan fingerprint density at radius 2 is 1.83 bits per heavy atom. The Kier molecular flexibility index (Phi) is 6.82. The number of allylic oxidation sites excluding steroid dienone is 1. The van der Waals surface area contributed by atoms with E-state index in [-0.39, 0.29) is 0 Å². The van der Waals surface area contributed by atoms with Crippen LogP contribution >= 0.6 is 23.2 Å². The lowest BCUT2D eigenvalue weighted by molar-refractivity contribution is 0.284. The van der Waals surface area contributed by atoms with Gasteiger partial charge in [-0.1, -0.05) is 71.2 Å². The number of nitrogens with zero attached hydrogens (tertiary/aromatic N) is 1. The molecule has 0 unspecified atom stereocenters. The minimum absolute atomic E-state index is 0.371.